The van der Waals surface area contributed by atoms with Crippen molar-refractivity contribution in [3.05, 3.63) is 33.4 Å². The van der Waals surface area contributed by atoms with Gasteiger partial charge in [0.1, 0.15) is 0 Å². The van der Waals surface area contributed by atoms with Gasteiger partial charge < -0.3 is 10.1 Å². The molecule has 2 nitrogen and oxygen atoms in total. The number of hydrogen-bond acceptors (Lipinski definition) is 2. The lowest BCUT2D eigenvalue weighted by molar-refractivity contribution is 0.197. The quantitative estimate of drug-likeness (QED) is 0.537. The Hall–Kier alpha value is -0.130. The molecule has 1 atom stereocenters. The molecule has 0 aromatic heterocycles. The average Bonchev–Trinajstić information content (AvgIpc) is 2.37. The summed E-state index contributed by atoms with van der Waals surface area (Å²) in [6.45, 7) is 5.09. The Labute approximate surface area is 125 Å². The number of halogens is 1. The van der Waals surface area contributed by atoms with Crippen molar-refractivity contribution >= 4 is 22.6 Å². The zero-order chi connectivity index (χ0) is 13.2. The van der Waals surface area contributed by atoms with Crippen LogP contribution in [0.1, 0.15) is 25.3 Å². The molecule has 1 N–H and O–H groups in total. The molecule has 0 heterocycles. The summed E-state index contributed by atoms with van der Waals surface area (Å²) in [5.74, 6) is 0.729. The Morgan fingerprint density at radius 2 is 2.00 bits per heavy atom. The molecule has 0 aliphatic rings. The maximum absolute atomic E-state index is 5.05. The number of benzene rings is 1. The summed E-state index contributed by atoms with van der Waals surface area (Å²) in [4.78, 5) is 0. The molecule has 0 saturated heterocycles. The number of rotatable bonds is 9. The first kappa shape index (κ1) is 15.9. The van der Waals surface area contributed by atoms with Crippen LogP contribution in [-0.4, -0.2) is 26.8 Å². The van der Waals surface area contributed by atoms with Gasteiger partial charge in [0.2, 0.25) is 0 Å². The molecule has 1 rings (SSSR count). The fourth-order valence-corrected chi connectivity index (χ4v) is 2.48. The highest BCUT2D eigenvalue weighted by Crippen LogP contribution is 2.15. The average molecular weight is 361 g/mol. The first-order chi connectivity index (χ1) is 8.76. The van der Waals surface area contributed by atoms with Crippen LogP contribution < -0.4 is 5.32 Å². The lowest BCUT2D eigenvalue weighted by Gasteiger charge is -2.17. The zero-order valence-corrected chi connectivity index (χ0v) is 13.6. The Morgan fingerprint density at radius 3 is 2.61 bits per heavy atom. The molecule has 0 aliphatic heterocycles. The summed E-state index contributed by atoms with van der Waals surface area (Å²) in [6, 6.07) is 8.88. The van der Waals surface area contributed by atoms with E-state index in [0.717, 1.165) is 25.6 Å². The van der Waals surface area contributed by atoms with E-state index in [4.69, 9.17) is 4.74 Å². The standard InChI is InChI=1S/C15H24INO/c1-3-4-14(12-17-9-10-18-2)11-13-5-7-15(16)8-6-13/h5-8,14,17H,3-4,9-12H2,1-2H3. The number of nitrogens with one attached hydrogen (secondary N) is 1. The van der Waals surface area contributed by atoms with Gasteiger partial charge in [-0.15, -0.1) is 0 Å². The van der Waals surface area contributed by atoms with Crippen LogP contribution in [0.25, 0.3) is 0 Å². The van der Waals surface area contributed by atoms with E-state index in [1.165, 1.54) is 28.4 Å². The lowest BCUT2D eigenvalue weighted by atomic mass is 9.95. The first-order valence-electron chi connectivity index (χ1n) is 6.70. The molecule has 1 aromatic rings. The van der Waals surface area contributed by atoms with Crippen molar-refractivity contribution in [1.82, 2.24) is 5.32 Å². The van der Waals surface area contributed by atoms with Gasteiger partial charge in [-0.2, -0.15) is 0 Å². The van der Waals surface area contributed by atoms with Crippen molar-refractivity contribution in [2.75, 3.05) is 26.8 Å². The normalized spacial score (nSPS) is 12.6. The van der Waals surface area contributed by atoms with E-state index in [1.54, 1.807) is 7.11 Å². The highest BCUT2D eigenvalue weighted by molar-refractivity contribution is 14.1. The van der Waals surface area contributed by atoms with E-state index in [-0.39, 0.29) is 0 Å². The van der Waals surface area contributed by atoms with Crippen LogP contribution in [0.3, 0.4) is 0 Å². The van der Waals surface area contributed by atoms with E-state index in [9.17, 15) is 0 Å². The second-order valence-electron chi connectivity index (χ2n) is 4.68. The molecule has 3 heteroatoms. The minimum absolute atomic E-state index is 0.729. The van der Waals surface area contributed by atoms with Crippen molar-refractivity contribution in [3.63, 3.8) is 0 Å². The fourth-order valence-electron chi connectivity index (χ4n) is 2.12. The maximum atomic E-state index is 5.05. The SMILES string of the molecule is CCCC(CNCCOC)Cc1ccc(I)cc1. The molecule has 0 fully saturated rings. The molecular weight excluding hydrogens is 337 g/mol. The highest BCUT2D eigenvalue weighted by Gasteiger charge is 2.08. The number of ether oxygens (including phenoxy) is 1. The third-order valence-corrected chi connectivity index (χ3v) is 3.77. The molecular formula is C15H24INO. The molecule has 0 spiro atoms. The fraction of sp³-hybridized carbons (Fsp3) is 0.600. The van der Waals surface area contributed by atoms with Crippen LogP contribution in [0.15, 0.2) is 24.3 Å². The summed E-state index contributed by atoms with van der Waals surface area (Å²) in [5.41, 5.74) is 1.45. The number of methoxy groups -OCH3 is 1. The Kier molecular flexibility index (Phi) is 8.63. The van der Waals surface area contributed by atoms with Gasteiger partial charge in [0.15, 0.2) is 0 Å². The Balaban J connectivity index is 2.38. The third-order valence-electron chi connectivity index (χ3n) is 3.05. The van der Waals surface area contributed by atoms with Crippen LogP contribution in [0.5, 0.6) is 0 Å². The second-order valence-corrected chi connectivity index (χ2v) is 5.93. The Bertz CT molecular complexity index is 313. The predicted molar refractivity (Wildman–Crippen MR) is 86.0 cm³/mol. The summed E-state index contributed by atoms with van der Waals surface area (Å²) in [5, 5.41) is 3.48. The van der Waals surface area contributed by atoms with Gasteiger partial charge in [-0.25, -0.2) is 0 Å². The molecule has 0 amide bonds. The van der Waals surface area contributed by atoms with Crippen molar-refractivity contribution in [1.29, 1.82) is 0 Å². The molecule has 1 aromatic carbocycles. The van der Waals surface area contributed by atoms with E-state index >= 15 is 0 Å². The minimum Gasteiger partial charge on any atom is -0.383 e. The molecule has 0 bridgehead atoms. The van der Waals surface area contributed by atoms with Gasteiger partial charge in [-0.3, -0.25) is 0 Å². The predicted octanol–water partition coefficient (Wildman–Crippen LogP) is 3.49. The van der Waals surface area contributed by atoms with Crippen LogP contribution in [0, 0.1) is 9.49 Å². The van der Waals surface area contributed by atoms with Gasteiger partial charge in [-0.05, 0) is 65.6 Å². The molecule has 0 aliphatic carbocycles. The molecule has 102 valence electrons. The number of hydrogen-bond donors (Lipinski definition) is 1. The molecule has 1 unspecified atom stereocenters. The first-order valence-corrected chi connectivity index (χ1v) is 7.78. The summed E-state index contributed by atoms with van der Waals surface area (Å²) in [6.07, 6.45) is 3.71. The lowest BCUT2D eigenvalue weighted by Crippen LogP contribution is -2.27. The zero-order valence-electron chi connectivity index (χ0n) is 11.4. The molecule has 0 saturated carbocycles. The van der Waals surface area contributed by atoms with Crippen molar-refractivity contribution in [2.24, 2.45) is 5.92 Å². The third kappa shape index (κ3) is 6.71. The van der Waals surface area contributed by atoms with E-state index in [1.807, 2.05) is 0 Å². The van der Waals surface area contributed by atoms with E-state index in [2.05, 4.69) is 59.1 Å². The van der Waals surface area contributed by atoms with Crippen molar-refractivity contribution < 1.29 is 4.74 Å². The molecule has 0 radical (unpaired) electrons. The van der Waals surface area contributed by atoms with Crippen molar-refractivity contribution in [3.8, 4) is 0 Å². The van der Waals surface area contributed by atoms with Gasteiger partial charge in [0.05, 0.1) is 6.61 Å². The summed E-state index contributed by atoms with van der Waals surface area (Å²) >= 11 is 2.35. The van der Waals surface area contributed by atoms with Gasteiger partial charge in [0, 0.05) is 17.2 Å². The van der Waals surface area contributed by atoms with E-state index in [0.29, 0.717) is 0 Å². The highest BCUT2D eigenvalue weighted by atomic mass is 127. The van der Waals surface area contributed by atoms with Crippen molar-refractivity contribution in [2.45, 2.75) is 26.2 Å². The van der Waals surface area contributed by atoms with E-state index < -0.39 is 0 Å². The van der Waals surface area contributed by atoms with Gasteiger partial charge in [-0.1, -0.05) is 25.5 Å². The van der Waals surface area contributed by atoms with Crippen LogP contribution in [0.4, 0.5) is 0 Å². The monoisotopic (exact) mass is 361 g/mol. The Morgan fingerprint density at radius 1 is 1.28 bits per heavy atom. The van der Waals surface area contributed by atoms with Crippen LogP contribution in [-0.2, 0) is 11.2 Å². The topological polar surface area (TPSA) is 21.3 Å². The largest absolute Gasteiger partial charge is 0.383 e. The second kappa shape index (κ2) is 9.75. The van der Waals surface area contributed by atoms with Crippen LogP contribution in [0.2, 0.25) is 0 Å². The summed E-state index contributed by atoms with van der Waals surface area (Å²) < 4.78 is 6.36. The summed E-state index contributed by atoms with van der Waals surface area (Å²) in [7, 11) is 1.75. The smallest absolute Gasteiger partial charge is 0.0587 e. The van der Waals surface area contributed by atoms with Gasteiger partial charge in [0.25, 0.3) is 0 Å². The minimum atomic E-state index is 0.729. The molecule has 18 heavy (non-hydrogen) atoms. The maximum Gasteiger partial charge on any atom is 0.0587 e. The van der Waals surface area contributed by atoms with Crippen LogP contribution >= 0.6 is 22.6 Å². The van der Waals surface area contributed by atoms with Gasteiger partial charge >= 0.3 is 0 Å².